The van der Waals surface area contributed by atoms with Crippen LogP contribution in [0.4, 0.5) is 26.3 Å². The fraction of sp³-hybridized carbons (Fsp3) is 0.310. The van der Waals surface area contributed by atoms with Gasteiger partial charge in [-0.05, 0) is 88.6 Å². The molecule has 0 aliphatic rings. The second kappa shape index (κ2) is 13.9. The van der Waals surface area contributed by atoms with Crippen LogP contribution in [0.5, 0.6) is 0 Å². The molecule has 1 N–H and O–H groups in total. The molecule has 0 heterocycles. The molecule has 2 rings (SSSR count). The van der Waals surface area contributed by atoms with E-state index >= 15 is 0 Å². The van der Waals surface area contributed by atoms with Crippen molar-refractivity contribution in [2.45, 2.75) is 52.5 Å². The molecule has 0 aliphatic carbocycles. The Bertz CT molecular complexity index is 1180. The molecule has 0 fully saturated rings. The Balaban J connectivity index is 2.25. The van der Waals surface area contributed by atoms with Crippen LogP contribution in [0.2, 0.25) is 0 Å². The number of allylic oxidation sites excluding steroid dienone is 7. The highest BCUT2D eigenvalue weighted by Gasteiger charge is 2.18. The van der Waals surface area contributed by atoms with Crippen LogP contribution in [0.3, 0.4) is 0 Å². The number of benzene rings is 2. The van der Waals surface area contributed by atoms with E-state index in [-0.39, 0.29) is 11.1 Å². The molecular weight excluding hydrogens is 476 g/mol. The highest BCUT2D eigenvalue weighted by Crippen LogP contribution is 2.33. The number of unbranched alkanes of at least 4 members (excludes halogenated alkanes) is 1. The van der Waals surface area contributed by atoms with Crippen molar-refractivity contribution in [3.05, 3.63) is 100 Å². The van der Waals surface area contributed by atoms with Crippen molar-refractivity contribution < 1.29 is 26.3 Å². The molecular formula is C29H31F6N. The summed E-state index contributed by atoms with van der Waals surface area (Å²) in [7, 11) is 1.90. The van der Waals surface area contributed by atoms with E-state index in [2.05, 4.69) is 12.2 Å². The summed E-state index contributed by atoms with van der Waals surface area (Å²) < 4.78 is 85.9. The van der Waals surface area contributed by atoms with Gasteiger partial charge in [0.2, 0.25) is 0 Å². The minimum Gasteiger partial charge on any atom is -0.317 e. The van der Waals surface area contributed by atoms with Crippen LogP contribution < -0.4 is 5.32 Å². The first-order valence-corrected chi connectivity index (χ1v) is 11.8. The third-order valence-electron chi connectivity index (χ3n) is 5.92. The molecule has 2 aromatic carbocycles. The van der Waals surface area contributed by atoms with E-state index in [1.807, 2.05) is 7.05 Å². The molecule has 0 saturated heterocycles. The van der Waals surface area contributed by atoms with Gasteiger partial charge >= 0.3 is 0 Å². The number of aryl methyl sites for hydroxylation is 1. The van der Waals surface area contributed by atoms with E-state index in [4.69, 9.17) is 0 Å². The van der Waals surface area contributed by atoms with Crippen molar-refractivity contribution in [1.29, 1.82) is 0 Å². The lowest BCUT2D eigenvalue weighted by Crippen LogP contribution is -2.20. The zero-order chi connectivity index (χ0) is 26.8. The Morgan fingerprint density at radius 1 is 0.889 bits per heavy atom. The Labute approximate surface area is 208 Å². The zero-order valence-electron chi connectivity index (χ0n) is 20.9. The molecule has 2 aromatic rings. The zero-order valence-corrected chi connectivity index (χ0v) is 20.9. The highest BCUT2D eigenvalue weighted by atomic mass is 19.2. The first-order chi connectivity index (χ1) is 17.1. The molecule has 0 amide bonds. The molecule has 0 aromatic heterocycles. The number of halogens is 6. The van der Waals surface area contributed by atoms with Crippen LogP contribution in [0.1, 0.15) is 51.2 Å². The lowest BCUT2D eigenvalue weighted by atomic mass is 9.98. The summed E-state index contributed by atoms with van der Waals surface area (Å²) in [5.41, 5.74) is -0.214. The number of rotatable bonds is 11. The van der Waals surface area contributed by atoms with E-state index in [1.54, 1.807) is 6.07 Å². The van der Waals surface area contributed by atoms with Gasteiger partial charge in [-0.1, -0.05) is 30.7 Å². The Kier molecular flexibility index (Phi) is 11.2. The second-order valence-electron chi connectivity index (χ2n) is 8.45. The van der Waals surface area contributed by atoms with Crippen LogP contribution in [0.15, 0.2) is 77.7 Å². The number of nitrogens with one attached hydrogen (secondary N) is 1. The van der Waals surface area contributed by atoms with Crippen LogP contribution >= 0.6 is 0 Å². The molecule has 1 atom stereocenters. The summed E-state index contributed by atoms with van der Waals surface area (Å²) >= 11 is 0. The maximum absolute atomic E-state index is 14.8. The summed E-state index contributed by atoms with van der Waals surface area (Å²) in [6, 6.07) is 8.26. The summed E-state index contributed by atoms with van der Waals surface area (Å²) in [5.74, 6) is -7.44. The lowest BCUT2D eigenvalue weighted by molar-refractivity contribution is 0.528. The molecule has 1 nitrogen and oxygen atoms in total. The summed E-state index contributed by atoms with van der Waals surface area (Å²) in [5, 5.41) is 3.17. The first kappa shape index (κ1) is 29.2. The SMILES string of the molecule is C/C=C(F)/C(F)=C\C(=C/C)C(\F)=C(/F)c1ccc(-c2ccc(CCCC[C@@H](C)NC)cc2F)cc1F. The second-order valence-corrected chi connectivity index (χ2v) is 8.45. The van der Waals surface area contributed by atoms with Crippen LogP contribution in [-0.4, -0.2) is 13.1 Å². The van der Waals surface area contributed by atoms with Gasteiger partial charge in [-0.3, -0.25) is 0 Å². The molecule has 0 radical (unpaired) electrons. The number of hydrogen-bond acceptors (Lipinski definition) is 1. The standard InChI is InChI=1S/C29H31F6N/c1-5-20(16-27(33)24(30)6-2)28(34)29(35)23-14-12-21(17-26(23)32)22-13-11-19(15-25(22)31)10-8-7-9-18(3)36-4/h5-6,11-18,36H,7-10H2,1-4H3/b20-5+,24-6-,27-16+,29-28+/t18-/m1/s1. The third kappa shape index (κ3) is 7.72. The monoisotopic (exact) mass is 507 g/mol. The van der Waals surface area contributed by atoms with Gasteiger partial charge in [-0.25, -0.2) is 26.3 Å². The van der Waals surface area contributed by atoms with E-state index < -0.39 is 46.1 Å². The van der Waals surface area contributed by atoms with Crippen molar-refractivity contribution in [2.24, 2.45) is 0 Å². The summed E-state index contributed by atoms with van der Waals surface area (Å²) in [4.78, 5) is 0. The average Bonchev–Trinajstić information content (AvgIpc) is 2.88. The maximum atomic E-state index is 14.8. The van der Waals surface area contributed by atoms with Crippen molar-refractivity contribution in [1.82, 2.24) is 5.32 Å². The predicted molar refractivity (Wildman–Crippen MR) is 135 cm³/mol. The van der Waals surface area contributed by atoms with Gasteiger partial charge in [0.05, 0.1) is 0 Å². The molecule has 194 valence electrons. The Morgan fingerprint density at radius 2 is 1.61 bits per heavy atom. The van der Waals surface area contributed by atoms with E-state index in [0.29, 0.717) is 18.5 Å². The molecule has 7 heteroatoms. The number of hydrogen-bond donors (Lipinski definition) is 1. The van der Waals surface area contributed by atoms with Gasteiger partial charge < -0.3 is 5.32 Å². The maximum Gasteiger partial charge on any atom is 0.169 e. The van der Waals surface area contributed by atoms with Crippen LogP contribution in [0, 0.1) is 11.6 Å². The average molecular weight is 508 g/mol. The smallest absolute Gasteiger partial charge is 0.169 e. The van der Waals surface area contributed by atoms with Gasteiger partial charge in [0, 0.05) is 22.7 Å². The van der Waals surface area contributed by atoms with Gasteiger partial charge in [0.25, 0.3) is 0 Å². The molecule has 36 heavy (non-hydrogen) atoms. The van der Waals surface area contributed by atoms with E-state index in [0.717, 1.165) is 49.1 Å². The molecule has 0 unspecified atom stereocenters. The normalized spacial score (nSPS) is 14.7. The minimum atomic E-state index is -1.58. The third-order valence-corrected chi connectivity index (χ3v) is 5.92. The van der Waals surface area contributed by atoms with Crippen molar-refractivity contribution in [3.63, 3.8) is 0 Å². The Morgan fingerprint density at radius 3 is 2.19 bits per heavy atom. The fourth-order valence-corrected chi connectivity index (χ4v) is 3.59. The summed E-state index contributed by atoms with van der Waals surface area (Å²) in [6.45, 7) is 4.64. The first-order valence-electron chi connectivity index (χ1n) is 11.8. The van der Waals surface area contributed by atoms with E-state index in [9.17, 15) is 26.3 Å². The highest BCUT2D eigenvalue weighted by molar-refractivity contribution is 5.71. The van der Waals surface area contributed by atoms with Gasteiger partial charge in [0.1, 0.15) is 11.6 Å². The fourth-order valence-electron chi connectivity index (χ4n) is 3.59. The van der Waals surface area contributed by atoms with Gasteiger partial charge in [-0.2, -0.15) is 0 Å². The largest absolute Gasteiger partial charge is 0.317 e. The van der Waals surface area contributed by atoms with Crippen molar-refractivity contribution >= 4 is 5.83 Å². The molecule has 0 aliphatic heterocycles. The topological polar surface area (TPSA) is 12.0 Å². The van der Waals surface area contributed by atoms with Gasteiger partial charge in [0.15, 0.2) is 23.3 Å². The van der Waals surface area contributed by atoms with Crippen LogP contribution in [-0.2, 0) is 6.42 Å². The van der Waals surface area contributed by atoms with Crippen LogP contribution in [0.25, 0.3) is 17.0 Å². The Hall–Kier alpha value is -3.06. The quantitative estimate of drug-likeness (QED) is 0.182. The van der Waals surface area contributed by atoms with Crippen molar-refractivity contribution in [3.8, 4) is 11.1 Å². The molecule has 0 bridgehead atoms. The predicted octanol–water partition coefficient (Wildman–Crippen LogP) is 9.23. The molecule has 0 spiro atoms. The minimum absolute atomic E-state index is 0.124. The van der Waals surface area contributed by atoms with Crippen molar-refractivity contribution in [2.75, 3.05) is 7.05 Å². The van der Waals surface area contributed by atoms with E-state index in [1.165, 1.54) is 32.0 Å². The van der Waals surface area contributed by atoms with Gasteiger partial charge in [-0.15, -0.1) is 0 Å². The lowest BCUT2D eigenvalue weighted by Gasteiger charge is -2.11. The molecule has 0 saturated carbocycles. The summed E-state index contributed by atoms with van der Waals surface area (Å²) in [6.07, 6.45) is 5.96.